The van der Waals surface area contributed by atoms with Gasteiger partial charge in [-0.3, -0.25) is 0 Å². The van der Waals surface area contributed by atoms with Gasteiger partial charge < -0.3 is 9.84 Å². The van der Waals surface area contributed by atoms with Gasteiger partial charge in [0.05, 0.1) is 0 Å². The predicted molar refractivity (Wildman–Crippen MR) is 98.4 cm³/mol. The Morgan fingerprint density at radius 3 is 0.898 bits per heavy atom. The Morgan fingerprint density at radius 2 is 0.633 bits per heavy atom. The highest BCUT2D eigenvalue weighted by atomic mass is 19.4. The van der Waals surface area contributed by atoms with Crippen molar-refractivity contribution in [3.8, 4) is 5.75 Å². The van der Waals surface area contributed by atoms with Crippen LogP contribution in [0.2, 0.25) is 0 Å². The highest BCUT2D eigenvalue weighted by Gasteiger charge is 2.98. The van der Waals surface area contributed by atoms with E-state index >= 15 is 0 Å². The van der Waals surface area contributed by atoms with Crippen molar-refractivity contribution in [1.29, 1.82) is 0 Å². The normalized spacial score (nSPS) is 16.3. The van der Waals surface area contributed by atoms with Gasteiger partial charge >= 0.3 is 71.8 Å². The fourth-order valence-corrected chi connectivity index (χ4v) is 3.31. The van der Waals surface area contributed by atoms with Crippen LogP contribution in [0.3, 0.4) is 0 Å². The Kier molecular flexibility index (Phi) is 10.4. The van der Waals surface area contributed by atoms with E-state index in [-0.39, 0.29) is 12.1 Å². The number of halogens is 27. The molecule has 288 valence electrons. The standard InChI is InChI=1S/C20H7F27O2/c21-8(22,5-49-9(18(39,40)41,19(42,43)44)6-1-3-7(48)4-2-6)10(23,24)11(25,26)12(27,28)13(29,30)14(31,32)15(33,34)16(35,36)17(37,38)20(45,46)47/h1-4,48H,5H2. The van der Waals surface area contributed by atoms with Crippen LogP contribution in [-0.4, -0.2) is 83.5 Å². The quantitative estimate of drug-likeness (QED) is 0.214. The molecule has 0 saturated carbocycles. The Bertz CT molecular complexity index is 1300. The fraction of sp³-hybridized carbons (Fsp3) is 0.700. The van der Waals surface area contributed by atoms with Gasteiger partial charge in [-0.2, -0.15) is 119 Å². The number of alkyl halides is 27. The molecule has 49 heavy (non-hydrogen) atoms. The van der Waals surface area contributed by atoms with Gasteiger partial charge in [0.1, 0.15) is 12.4 Å². The molecule has 0 bridgehead atoms. The number of aromatic hydroxyl groups is 1. The topological polar surface area (TPSA) is 29.5 Å². The molecule has 2 nitrogen and oxygen atoms in total. The summed E-state index contributed by atoms with van der Waals surface area (Å²) in [6.07, 6.45) is -22.7. The molecule has 1 N–H and O–H groups in total. The fourth-order valence-electron chi connectivity index (χ4n) is 3.31. The minimum Gasteiger partial charge on any atom is -0.508 e. The van der Waals surface area contributed by atoms with Crippen molar-refractivity contribution >= 4 is 0 Å². The van der Waals surface area contributed by atoms with Gasteiger partial charge in [0.2, 0.25) is 0 Å². The van der Waals surface area contributed by atoms with Crippen molar-refractivity contribution in [2.75, 3.05) is 6.61 Å². The average molecular weight is 792 g/mol. The summed E-state index contributed by atoms with van der Waals surface area (Å²) in [4.78, 5) is 0. The summed E-state index contributed by atoms with van der Waals surface area (Å²) in [7, 11) is 0. The largest absolute Gasteiger partial charge is 0.508 e. The van der Waals surface area contributed by atoms with Crippen molar-refractivity contribution < 1.29 is 128 Å². The van der Waals surface area contributed by atoms with Gasteiger partial charge in [-0.05, 0) is 12.1 Å². The summed E-state index contributed by atoms with van der Waals surface area (Å²) in [6.45, 7) is -4.65. The van der Waals surface area contributed by atoms with Crippen LogP contribution in [0.1, 0.15) is 5.56 Å². The molecule has 0 fully saturated rings. The maximum Gasteiger partial charge on any atom is 0.460 e. The zero-order chi connectivity index (χ0) is 39.9. The molecular weight excluding hydrogens is 785 g/mol. The number of phenols is 1. The number of phenolic OH excluding ortho intramolecular Hbond substituents is 1. The molecule has 0 spiro atoms. The number of rotatable bonds is 12. The Hall–Kier alpha value is -2.91. The van der Waals surface area contributed by atoms with Crippen molar-refractivity contribution in [2.45, 2.75) is 77.4 Å². The van der Waals surface area contributed by atoms with E-state index in [4.69, 9.17) is 5.11 Å². The van der Waals surface area contributed by atoms with E-state index < -0.39 is 107 Å². The first-order valence-electron chi connectivity index (χ1n) is 11.0. The molecule has 0 amide bonds. The van der Waals surface area contributed by atoms with Gasteiger partial charge in [-0.25, -0.2) is 0 Å². The zero-order valence-electron chi connectivity index (χ0n) is 21.6. The summed E-state index contributed by atoms with van der Waals surface area (Å²) in [5.74, 6) is -83.1. The smallest absolute Gasteiger partial charge is 0.460 e. The molecule has 0 unspecified atom stereocenters. The van der Waals surface area contributed by atoms with Gasteiger partial charge in [-0.15, -0.1) is 0 Å². The number of ether oxygens (including phenoxy) is 1. The molecule has 0 radical (unpaired) electrons. The zero-order valence-corrected chi connectivity index (χ0v) is 21.6. The monoisotopic (exact) mass is 792 g/mol. The molecule has 1 rings (SSSR count). The van der Waals surface area contributed by atoms with Crippen LogP contribution >= 0.6 is 0 Å². The molecule has 0 heterocycles. The first-order valence-corrected chi connectivity index (χ1v) is 11.0. The highest BCUT2D eigenvalue weighted by molar-refractivity contribution is 5.33. The number of benzene rings is 1. The molecule has 0 aromatic heterocycles. The molecular formula is C20H7F27O2. The van der Waals surface area contributed by atoms with Crippen molar-refractivity contribution in [3.63, 3.8) is 0 Å². The van der Waals surface area contributed by atoms with Gasteiger partial charge in [0.15, 0.2) is 0 Å². The van der Waals surface area contributed by atoms with Crippen LogP contribution in [0, 0.1) is 0 Å². The third kappa shape index (κ3) is 5.90. The molecule has 1 aromatic carbocycles. The SMILES string of the molecule is Oc1ccc(C(OCC(F)(F)C(F)(F)C(F)(F)C(F)(F)C(F)(F)C(F)(F)C(F)(F)C(F)(F)C(F)(F)C(F)(F)F)(C(F)(F)F)C(F)(F)F)cc1. The van der Waals surface area contributed by atoms with Crippen molar-refractivity contribution in [1.82, 2.24) is 0 Å². The van der Waals surface area contributed by atoms with Crippen LogP contribution in [0.5, 0.6) is 5.75 Å². The molecule has 0 aliphatic heterocycles. The second kappa shape index (κ2) is 11.6. The van der Waals surface area contributed by atoms with Crippen molar-refractivity contribution in [2.24, 2.45) is 0 Å². The molecule has 0 aliphatic rings. The van der Waals surface area contributed by atoms with Gasteiger partial charge in [0, 0.05) is 5.56 Å². The lowest BCUT2D eigenvalue weighted by atomic mass is 9.86. The first-order chi connectivity index (χ1) is 21.0. The van der Waals surface area contributed by atoms with Gasteiger partial charge in [0.25, 0.3) is 5.60 Å². The van der Waals surface area contributed by atoms with E-state index in [0.29, 0.717) is 0 Å². The molecule has 0 saturated heterocycles. The van der Waals surface area contributed by atoms with Crippen LogP contribution in [0.25, 0.3) is 0 Å². The molecule has 0 aliphatic carbocycles. The highest BCUT2D eigenvalue weighted by Crippen LogP contribution is 2.66. The molecule has 0 atom stereocenters. The maximum atomic E-state index is 14.1. The van der Waals surface area contributed by atoms with Crippen molar-refractivity contribution in [3.05, 3.63) is 29.8 Å². The second-order valence-electron chi connectivity index (χ2n) is 9.31. The molecule has 29 heteroatoms. The van der Waals surface area contributed by atoms with Crippen LogP contribution in [0.15, 0.2) is 24.3 Å². The first kappa shape index (κ1) is 44.1. The lowest BCUT2D eigenvalue weighted by molar-refractivity contribution is -0.476. The summed E-state index contributed by atoms with van der Waals surface area (Å²) in [5.41, 5.74) is -9.01. The Labute approximate surface area is 249 Å². The van der Waals surface area contributed by atoms with Gasteiger partial charge in [-0.1, -0.05) is 12.1 Å². The maximum absolute atomic E-state index is 14.1. The van der Waals surface area contributed by atoms with E-state index in [9.17, 15) is 119 Å². The average Bonchev–Trinajstić information content (AvgIpc) is 2.86. The lowest BCUT2D eigenvalue weighted by Crippen LogP contribution is -2.77. The summed E-state index contributed by atoms with van der Waals surface area (Å²) < 4.78 is 366. The minimum atomic E-state index is -9.58. The lowest BCUT2D eigenvalue weighted by Gasteiger charge is -2.45. The minimum absolute atomic E-state index is 0.126. The predicted octanol–water partition coefficient (Wildman–Crippen LogP) is 10.0. The van der Waals surface area contributed by atoms with Crippen LogP contribution in [-0.2, 0) is 10.3 Å². The van der Waals surface area contributed by atoms with Crippen LogP contribution in [0.4, 0.5) is 119 Å². The third-order valence-corrected chi connectivity index (χ3v) is 6.12. The van der Waals surface area contributed by atoms with E-state index in [1.165, 1.54) is 0 Å². The van der Waals surface area contributed by atoms with E-state index in [1.807, 2.05) is 0 Å². The summed E-state index contributed by atoms with van der Waals surface area (Å²) in [5, 5.41) is 8.99. The van der Waals surface area contributed by atoms with Crippen LogP contribution < -0.4 is 0 Å². The van der Waals surface area contributed by atoms with E-state index in [0.717, 1.165) is 0 Å². The molecule has 1 aromatic rings. The summed E-state index contributed by atoms with van der Waals surface area (Å²) in [6, 6.07) is -1.29. The second-order valence-corrected chi connectivity index (χ2v) is 9.31. The number of hydrogen-bond donors (Lipinski definition) is 1. The van der Waals surface area contributed by atoms with E-state index in [1.54, 1.807) is 0 Å². The Morgan fingerprint density at radius 1 is 0.367 bits per heavy atom. The Balaban J connectivity index is 3.87. The number of hydrogen-bond acceptors (Lipinski definition) is 2. The summed E-state index contributed by atoms with van der Waals surface area (Å²) >= 11 is 0. The third-order valence-electron chi connectivity index (χ3n) is 6.12. The van der Waals surface area contributed by atoms with E-state index in [2.05, 4.69) is 4.74 Å².